The van der Waals surface area contributed by atoms with E-state index in [1.807, 2.05) is 11.3 Å². The largest absolute Gasteiger partial charge is 0.329 e. The third-order valence-corrected chi connectivity index (χ3v) is 5.90. The van der Waals surface area contributed by atoms with Gasteiger partial charge >= 0.3 is 0 Å². The zero-order valence-electron chi connectivity index (χ0n) is 10.7. The first-order chi connectivity index (χ1) is 8.02. The average molecular weight is 317 g/mol. The smallest absolute Gasteiger partial charge is 0.0567 e. The standard InChI is InChI=1S/C13H21BrN2S/c1-8-4-9(2)16(7-8)12(6-15)13-5-11(14)10(3)17-13/h5,8-9,12H,4,6-7,15H2,1-3H3. The van der Waals surface area contributed by atoms with E-state index < -0.39 is 0 Å². The Morgan fingerprint density at radius 1 is 1.59 bits per heavy atom. The van der Waals surface area contributed by atoms with Gasteiger partial charge in [-0.25, -0.2) is 0 Å². The van der Waals surface area contributed by atoms with E-state index in [1.54, 1.807) is 0 Å². The van der Waals surface area contributed by atoms with Crippen LogP contribution in [0, 0.1) is 12.8 Å². The second kappa shape index (κ2) is 5.39. The van der Waals surface area contributed by atoms with Crippen LogP contribution >= 0.6 is 27.3 Å². The topological polar surface area (TPSA) is 29.3 Å². The van der Waals surface area contributed by atoms with Crippen molar-refractivity contribution in [2.45, 2.75) is 39.3 Å². The lowest BCUT2D eigenvalue weighted by atomic mass is 10.1. The Morgan fingerprint density at radius 2 is 2.29 bits per heavy atom. The van der Waals surface area contributed by atoms with Crippen molar-refractivity contribution in [2.75, 3.05) is 13.1 Å². The Bertz CT molecular complexity index is 371. The van der Waals surface area contributed by atoms with Crippen molar-refractivity contribution in [3.05, 3.63) is 20.3 Å². The molecule has 17 heavy (non-hydrogen) atoms. The Balaban J connectivity index is 2.21. The molecule has 0 bridgehead atoms. The summed E-state index contributed by atoms with van der Waals surface area (Å²) < 4.78 is 1.22. The number of halogens is 1. The number of aryl methyl sites for hydroxylation is 1. The molecule has 4 heteroatoms. The van der Waals surface area contributed by atoms with E-state index >= 15 is 0 Å². The van der Waals surface area contributed by atoms with Gasteiger partial charge in [-0.3, -0.25) is 4.90 Å². The fraction of sp³-hybridized carbons (Fsp3) is 0.692. The van der Waals surface area contributed by atoms with Crippen molar-refractivity contribution in [3.8, 4) is 0 Å². The summed E-state index contributed by atoms with van der Waals surface area (Å²) >= 11 is 5.47. The fourth-order valence-electron chi connectivity index (χ4n) is 2.83. The summed E-state index contributed by atoms with van der Waals surface area (Å²) in [4.78, 5) is 5.32. The quantitative estimate of drug-likeness (QED) is 0.924. The highest BCUT2D eigenvalue weighted by molar-refractivity contribution is 9.10. The summed E-state index contributed by atoms with van der Waals surface area (Å²) in [6.45, 7) is 8.70. The molecule has 2 nitrogen and oxygen atoms in total. The van der Waals surface area contributed by atoms with Crippen molar-refractivity contribution in [1.29, 1.82) is 0 Å². The number of nitrogens with two attached hydrogens (primary N) is 1. The summed E-state index contributed by atoms with van der Waals surface area (Å²) in [6, 6.07) is 3.29. The number of nitrogens with zero attached hydrogens (tertiary/aromatic N) is 1. The molecule has 1 aliphatic rings. The second-order valence-electron chi connectivity index (χ2n) is 5.19. The molecule has 2 N–H and O–H groups in total. The minimum Gasteiger partial charge on any atom is -0.329 e. The Labute approximate surface area is 116 Å². The zero-order chi connectivity index (χ0) is 12.6. The lowest BCUT2D eigenvalue weighted by Crippen LogP contribution is -2.35. The molecule has 1 aliphatic heterocycles. The highest BCUT2D eigenvalue weighted by Gasteiger charge is 2.32. The maximum absolute atomic E-state index is 6.00. The van der Waals surface area contributed by atoms with Crippen molar-refractivity contribution >= 4 is 27.3 Å². The molecule has 2 heterocycles. The Hall–Kier alpha value is 0.100. The molecule has 0 radical (unpaired) electrons. The van der Waals surface area contributed by atoms with Gasteiger partial charge in [0.25, 0.3) is 0 Å². The first kappa shape index (κ1) is 13.5. The third-order valence-electron chi connectivity index (χ3n) is 3.66. The molecule has 96 valence electrons. The molecule has 0 aromatic carbocycles. The Kier molecular flexibility index (Phi) is 4.29. The van der Waals surface area contributed by atoms with E-state index in [0.29, 0.717) is 18.6 Å². The summed E-state index contributed by atoms with van der Waals surface area (Å²) in [5, 5.41) is 0. The molecule has 0 aliphatic carbocycles. The van der Waals surface area contributed by atoms with Crippen molar-refractivity contribution in [1.82, 2.24) is 4.90 Å². The molecule has 1 fully saturated rings. The van der Waals surface area contributed by atoms with Crippen molar-refractivity contribution in [3.63, 3.8) is 0 Å². The van der Waals surface area contributed by atoms with Crippen LogP contribution in [0.25, 0.3) is 0 Å². The number of likely N-dealkylation sites (tertiary alicyclic amines) is 1. The van der Waals surface area contributed by atoms with Crippen LogP contribution in [0.1, 0.15) is 36.1 Å². The molecule has 1 aromatic heterocycles. The molecule has 2 rings (SSSR count). The van der Waals surface area contributed by atoms with Gasteiger partial charge in [-0.2, -0.15) is 0 Å². The minimum atomic E-state index is 0.393. The maximum atomic E-state index is 6.00. The number of hydrogen-bond acceptors (Lipinski definition) is 3. The van der Waals surface area contributed by atoms with Crippen LogP contribution < -0.4 is 5.73 Å². The van der Waals surface area contributed by atoms with Crippen LogP contribution in [0.2, 0.25) is 0 Å². The lowest BCUT2D eigenvalue weighted by molar-refractivity contribution is 0.195. The molecule has 3 unspecified atom stereocenters. The van der Waals surface area contributed by atoms with Crippen LogP contribution in [-0.4, -0.2) is 24.0 Å². The highest BCUT2D eigenvalue weighted by atomic mass is 79.9. The molecule has 0 saturated carbocycles. The van der Waals surface area contributed by atoms with Gasteiger partial charge in [0.2, 0.25) is 0 Å². The van der Waals surface area contributed by atoms with E-state index in [-0.39, 0.29) is 0 Å². The van der Waals surface area contributed by atoms with Gasteiger partial charge in [-0.15, -0.1) is 11.3 Å². The van der Waals surface area contributed by atoms with Crippen LogP contribution in [0.3, 0.4) is 0 Å². The number of rotatable bonds is 3. The Morgan fingerprint density at radius 3 is 2.71 bits per heavy atom. The van der Waals surface area contributed by atoms with Crippen LogP contribution in [-0.2, 0) is 0 Å². The number of thiophene rings is 1. The van der Waals surface area contributed by atoms with Gasteiger partial charge in [0.1, 0.15) is 0 Å². The van der Waals surface area contributed by atoms with Gasteiger partial charge in [-0.05, 0) is 48.2 Å². The first-order valence-corrected chi connectivity index (χ1v) is 7.85. The van der Waals surface area contributed by atoms with Gasteiger partial charge in [0, 0.05) is 33.4 Å². The monoisotopic (exact) mass is 316 g/mol. The molecule has 1 saturated heterocycles. The summed E-state index contributed by atoms with van der Waals surface area (Å²) in [5.41, 5.74) is 6.00. The molecule has 1 aromatic rings. The third kappa shape index (κ3) is 2.75. The van der Waals surface area contributed by atoms with E-state index in [2.05, 4.69) is 47.7 Å². The lowest BCUT2D eigenvalue weighted by Gasteiger charge is -2.29. The molecule has 3 atom stereocenters. The summed E-state index contributed by atoms with van der Waals surface area (Å²) in [6.07, 6.45) is 1.29. The normalized spacial score (nSPS) is 27.6. The van der Waals surface area contributed by atoms with Crippen LogP contribution in [0.5, 0.6) is 0 Å². The van der Waals surface area contributed by atoms with Gasteiger partial charge in [-0.1, -0.05) is 6.92 Å². The molecule has 0 amide bonds. The maximum Gasteiger partial charge on any atom is 0.0567 e. The van der Waals surface area contributed by atoms with Crippen LogP contribution in [0.15, 0.2) is 10.5 Å². The van der Waals surface area contributed by atoms with Crippen molar-refractivity contribution < 1.29 is 0 Å². The van der Waals surface area contributed by atoms with Gasteiger partial charge in [0.05, 0.1) is 6.04 Å². The second-order valence-corrected chi connectivity index (χ2v) is 7.33. The SMILES string of the molecule is Cc1sc(C(CN)N2CC(C)CC2C)cc1Br. The predicted molar refractivity (Wildman–Crippen MR) is 78.5 cm³/mol. The van der Waals surface area contributed by atoms with Gasteiger partial charge < -0.3 is 5.73 Å². The summed E-state index contributed by atoms with van der Waals surface area (Å²) in [7, 11) is 0. The van der Waals surface area contributed by atoms with Gasteiger partial charge in [0.15, 0.2) is 0 Å². The first-order valence-electron chi connectivity index (χ1n) is 6.24. The van der Waals surface area contributed by atoms with E-state index in [9.17, 15) is 0 Å². The van der Waals surface area contributed by atoms with E-state index in [4.69, 9.17) is 5.73 Å². The summed E-state index contributed by atoms with van der Waals surface area (Å²) in [5.74, 6) is 0.795. The molecular weight excluding hydrogens is 296 g/mol. The predicted octanol–water partition coefficient (Wildman–Crippen LogP) is 3.55. The van der Waals surface area contributed by atoms with E-state index in [1.165, 1.54) is 27.2 Å². The highest BCUT2D eigenvalue weighted by Crippen LogP contribution is 2.37. The van der Waals surface area contributed by atoms with E-state index in [0.717, 1.165) is 5.92 Å². The fourth-order valence-corrected chi connectivity index (χ4v) is 4.52. The minimum absolute atomic E-state index is 0.393. The number of hydrogen-bond donors (Lipinski definition) is 1. The average Bonchev–Trinajstić information content (AvgIpc) is 2.74. The van der Waals surface area contributed by atoms with Crippen molar-refractivity contribution in [2.24, 2.45) is 11.7 Å². The molecule has 0 spiro atoms. The molecular formula is C13H21BrN2S. The zero-order valence-corrected chi connectivity index (χ0v) is 13.1. The van der Waals surface area contributed by atoms with Crippen LogP contribution in [0.4, 0.5) is 0 Å².